The standard InChI is InChI=1S/C16H15NO2S/c1-19-11-7-8-13-14(9-11)17-16(18)10-15(13)20-12-5-3-2-4-6-12/h2-9,15H,10H2,1H3,(H,17,18). The normalized spacial score (nSPS) is 17.2. The predicted octanol–water partition coefficient (Wildman–Crippen LogP) is 3.87. The van der Waals surface area contributed by atoms with E-state index < -0.39 is 0 Å². The lowest BCUT2D eigenvalue weighted by molar-refractivity contribution is -0.116. The van der Waals surface area contributed by atoms with Gasteiger partial charge in [-0.25, -0.2) is 0 Å². The average molecular weight is 285 g/mol. The van der Waals surface area contributed by atoms with E-state index in [1.54, 1.807) is 18.9 Å². The number of ether oxygens (including phenoxy) is 1. The number of hydrogen-bond donors (Lipinski definition) is 1. The van der Waals surface area contributed by atoms with Crippen molar-refractivity contribution in [1.82, 2.24) is 0 Å². The Morgan fingerprint density at radius 3 is 2.75 bits per heavy atom. The number of rotatable bonds is 3. The summed E-state index contributed by atoms with van der Waals surface area (Å²) in [6.07, 6.45) is 0.499. The maximum atomic E-state index is 11.9. The molecule has 1 atom stereocenters. The number of carbonyl (C=O) groups excluding carboxylic acids is 1. The first-order valence-electron chi connectivity index (χ1n) is 6.46. The SMILES string of the molecule is COc1ccc2c(c1)NC(=O)CC2Sc1ccccc1. The van der Waals surface area contributed by atoms with E-state index in [0.717, 1.165) is 17.0 Å². The van der Waals surface area contributed by atoms with Crippen LogP contribution in [0, 0.1) is 0 Å². The molecule has 0 aliphatic carbocycles. The summed E-state index contributed by atoms with van der Waals surface area (Å²) < 4.78 is 5.21. The van der Waals surface area contributed by atoms with Crippen LogP contribution >= 0.6 is 11.8 Å². The predicted molar refractivity (Wildman–Crippen MR) is 81.3 cm³/mol. The van der Waals surface area contributed by atoms with Gasteiger partial charge in [0.05, 0.1) is 7.11 Å². The zero-order valence-corrected chi connectivity index (χ0v) is 11.9. The Kier molecular flexibility index (Phi) is 3.65. The van der Waals surface area contributed by atoms with Crippen molar-refractivity contribution in [3.05, 3.63) is 54.1 Å². The van der Waals surface area contributed by atoms with E-state index in [1.807, 2.05) is 36.4 Å². The van der Waals surface area contributed by atoms with Gasteiger partial charge in [-0.05, 0) is 23.8 Å². The van der Waals surface area contributed by atoms with E-state index in [1.165, 1.54) is 4.90 Å². The lowest BCUT2D eigenvalue weighted by Gasteiger charge is -2.25. The smallest absolute Gasteiger partial charge is 0.225 e. The van der Waals surface area contributed by atoms with Gasteiger partial charge in [0.1, 0.15) is 5.75 Å². The number of methoxy groups -OCH3 is 1. The molecule has 1 N–H and O–H groups in total. The summed E-state index contributed by atoms with van der Waals surface area (Å²) in [6, 6.07) is 16.0. The lowest BCUT2D eigenvalue weighted by atomic mass is 10.0. The van der Waals surface area contributed by atoms with Crippen LogP contribution in [0.1, 0.15) is 17.2 Å². The van der Waals surface area contributed by atoms with Crippen LogP contribution in [-0.4, -0.2) is 13.0 Å². The van der Waals surface area contributed by atoms with Crippen molar-refractivity contribution in [2.75, 3.05) is 12.4 Å². The Morgan fingerprint density at radius 2 is 2.00 bits per heavy atom. The molecule has 3 nitrogen and oxygen atoms in total. The molecule has 1 aliphatic rings. The van der Waals surface area contributed by atoms with Gasteiger partial charge in [0, 0.05) is 28.3 Å². The summed E-state index contributed by atoms with van der Waals surface area (Å²) in [5.41, 5.74) is 2.01. The molecule has 0 bridgehead atoms. The van der Waals surface area contributed by atoms with Crippen molar-refractivity contribution in [2.24, 2.45) is 0 Å². The molecule has 0 radical (unpaired) electrons. The molecule has 1 amide bonds. The lowest BCUT2D eigenvalue weighted by Crippen LogP contribution is -2.21. The van der Waals surface area contributed by atoms with Gasteiger partial charge in [-0.3, -0.25) is 4.79 Å². The van der Waals surface area contributed by atoms with Crippen LogP contribution in [0.4, 0.5) is 5.69 Å². The number of benzene rings is 2. The number of anilines is 1. The fourth-order valence-electron chi connectivity index (χ4n) is 2.30. The molecule has 0 aromatic heterocycles. The largest absolute Gasteiger partial charge is 0.497 e. The van der Waals surface area contributed by atoms with Gasteiger partial charge < -0.3 is 10.1 Å². The molecule has 0 fully saturated rings. The summed E-state index contributed by atoms with van der Waals surface area (Å²) in [7, 11) is 1.63. The first-order chi connectivity index (χ1) is 9.76. The molecule has 0 saturated carbocycles. The average Bonchev–Trinajstić information content (AvgIpc) is 2.47. The van der Waals surface area contributed by atoms with Crippen LogP contribution in [0.25, 0.3) is 0 Å². The van der Waals surface area contributed by atoms with Crippen molar-refractivity contribution in [3.63, 3.8) is 0 Å². The Labute approximate surface area is 122 Å². The van der Waals surface area contributed by atoms with Gasteiger partial charge in [0.2, 0.25) is 5.91 Å². The number of carbonyl (C=O) groups is 1. The molecule has 0 saturated heterocycles. The third-order valence-corrected chi connectivity index (χ3v) is 4.52. The zero-order valence-electron chi connectivity index (χ0n) is 11.1. The molecule has 102 valence electrons. The summed E-state index contributed by atoms with van der Waals surface area (Å²) in [5, 5.41) is 3.06. The summed E-state index contributed by atoms with van der Waals surface area (Å²) in [5.74, 6) is 0.814. The van der Waals surface area contributed by atoms with E-state index in [2.05, 4.69) is 17.4 Å². The van der Waals surface area contributed by atoms with E-state index >= 15 is 0 Å². The highest BCUT2D eigenvalue weighted by Crippen LogP contribution is 2.44. The molecule has 2 aromatic carbocycles. The highest BCUT2D eigenvalue weighted by atomic mass is 32.2. The summed E-state index contributed by atoms with van der Waals surface area (Å²) in [6.45, 7) is 0. The van der Waals surface area contributed by atoms with Gasteiger partial charge in [0.15, 0.2) is 0 Å². The second-order valence-electron chi connectivity index (χ2n) is 4.63. The molecule has 1 aliphatic heterocycles. The third-order valence-electron chi connectivity index (χ3n) is 3.27. The number of nitrogens with one attached hydrogen (secondary N) is 1. The van der Waals surface area contributed by atoms with Crippen molar-refractivity contribution >= 4 is 23.4 Å². The van der Waals surface area contributed by atoms with E-state index in [0.29, 0.717) is 6.42 Å². The third kappa shape index (κ3) is 2.65. The van der Waals surface area contributed by atoms with Crippen LogP contribution < -0.4 is 10.1 Å². The fourth-order valence-corrected chi connectivity index (χ4v) is 3.51. The highest BCUT2D eigenvalue weighted by Gasteiger charge is 2.26. The quantitative estimate of drug-likeness (QED) is 0.930. The maximum absolute atomic E-state index is 11.9. The van der Waals surface area contributed by atoms with Crippen molar-refractivity contribution < 1.29 is 9.53 Å². The minimum absolute atomic E-state index is 0.0548. The highest BCUT2D eigenvalue weighted by molar-refractivity contribution is 7.99. The number of amides is 1. The van der Waals surface area contributed by atoms with Gasteiger partial charge in [-0.15, -0.1) is 11.8 Å². The minimum Gasteiger partial charge on any atom is -0.497 e. The van der Waals surface area contributed by atoms with Crippen LogP contribution in [0.2, 0.25) is 0 Å². The first kappa shape index (κ1) is 13.1. The first-order valence-corrected chi connectivity index (χ1v) is 7.34. The van der Waals surface area contributed by atoms with Crippen molar-refractivity contribution in [1.29, 1.82) is 0 Å². The maximum Gasteiger partial charge on any atom is 0.225 e. The second kappa shape index (κ2) is 5.59. The van der Waals surface area contributed by atoms with E-state index in [4.69, 9.17) is 4.74 Å². The topological polar surface area (TPSA) is 38.3 Å². The number of fused-ring (bicyclic) bond motifs is 1. The molecule has 3 rings (SSSR count). The van der Waals surface area contributed by atoms with Crippen molar-refractivity contribution in [2.45, 2.75) is 16.6 Å². The second-order valence-corrected chi connectivity index (χ2v) is 5.90. The number of thioether (sulfide) groups is 1. The molecule has 1 unspecified atom stereocenters. The Morgan fingerprint density at radius 1 is 1.20 bits per heavy atom. The van der Waals surface area contributed by atoms with Crippen LogP contribution in [0.3, 0.4) is 0 Å². The van der Waals surface area contributed by atoms with Gasteiger partial charge in [0.25, 0.3) is 0 Å². The Bertz CT molecular complexity index is 628. The van der Waals surface area contributed by atoms with E-state index in [9.17, 15) is 4.79 Å². The summed E-state index contributed by atoms with van der Waals surface area (Å²) in [4.78, 5) is 13.0. The van der Waals surface area contributed by atoms with Crippen LogP contribution in [-0.2, 0) is 4.79 Å². The molecular formula is C16H15NO2S. The van der Waals surface area contributed by atoms with Crippen LogP contribution in [0.15, 0.2) is 53.4 Å². The summed E-state index contributed by atoms with van der Waals surface area (Å²) >= 11 is 1.72. The molecule has 1 heterocycles. The fraction of sp³-hybridized carbons (Fsp3) is 0.188. The molecular weight excluding hydrogens is 270 g/mol. The molecule has 20 heavy (non-hydrogen) atoms. The van der Waals surface area contributed by atoms with E-state index in [-0.39, 0.29) is 11.2 Å². The van der Waals surface area contributed by atoms with Crippen molar-refractivity contribution in [3.8, 4) is 5.75 Å². The van der Waals surface area contributed by atoms with Crippen LogP contribution in [0.5, 0.6) is 5.75 Å². The molecule has 0 spiro atoms. The molecule has 2 aromatic rings. The number of hydrogen-bond acceptors (Lipinski definition) is 3. The van der Waals surface area contributed by atoms with Gasteiger partial charge in [-0.2, -0.15) is 0 Å². The Hall–Kier alpha value is -1.94. The zero-order chi connectivity index (χ0) is 13.9. The minimum atomic E-state index is 0.0548. The Balaban J connectivity index is 1.92. The molecule has 4 heteroatoms. The van der Waals surface area contributed by atoms with Gasteiger partial charge in [-0.1, -0.05) is 24.3 Å². The van der Waals surface area contributed by atoms with Gasteiger partial charge >= 0.3 is 0 Å². The monoisotopic (exact) mass is 285 g/mol.